The lowest BCUT2D eigenvalue weighted by Gasteiger charge is -2.34. The van der Waals surface area contributed by atoms with Crippen molar-refractivity contribution in [2.24, 2.45) is 5.92 Å². The first-order valence-electron chi connectivity index (χ1n) is 13.8. The Balaban J connectivity index is 1.07. The van der Waals surface area contributed by atoms with Gasteiger partial charge in [0.05, 0.1) is 17.4 Å². The Morgan fingerprint density at radius 2 is 1.68 bits per heavy atom. The average molecular weight is 559 g/mol. The van der Waals surface area contributed by atoms with Crippen LogP contribution in [-0.4, -0.2) is 82.1 Å². The van der Waals surface area contributed by atoms with E-state index in [-0.39, 0.29) is 17.4 Å². The van der Waals surface area contributed by atoms with E-state index in [2.05, 4.69) is 27.1 Å². The molecule has 5 rings (SSSR count). The number of hydrogen-bond acceptors (Lipinski definition) is 8. The summed E-state index contributed by atoms with van der Waals surface area (Å²) in [6, 6.07) is 14.0. The van der Waals surface area contributed by atoms with Crippen LogP contribution in [0.5, 0.6) is 5.88 Å². The average Bonchev–Trinajstić information content (AvgIpc) is 2.98. The Morgan fingerprint density at radius 1 is 0.927 bits per heavy atom. The van der Waals surface area contributed by atoms with Crippen molar-refractivity contribution in [2.45, 2.75) is 26.3 Å². The van der Waals surface area contributed by atoms with Crippen LogP contribution >= 0.6 is 0 Å². The molecule has 2 N–H and O–H groups in total. The van der Waals surface area contributed by atoms with E-state index >= 15 is 0 Å². The summed E-state index contributed by atoms with van der Waals surface area (Å²) in [4.78, 5) is 50.8. The third-order valence-corrected chi connectivity index (χ3v) is 7.41. The zero-order valence-electron chi connectivity index (χ0n) is 23.0. The number of hydrogen-bond donors (Lipinski definition) is 2. The third-order valence-electron chi connectivity index (χ3n) is 7.41. The molecule has 3 aromatic rings. The molecule has 2 aliphatic rings. The van der Waals surface area contributed by atoms with Gasteiger partial charge >= 0.3 is 12.1 Å². The minimum absolute atomic E-state index is 0.126. The topological polar surface area (TPSA) is 128 Å². The maximum absolute atomic E-state index is 12.7. The van der Waals surface area contributed by atoms with Crippen molar-refractivity contribution < 1.29 is 24.2 Å². The van der Waals surface area contributed by atoms with E-state index < -0.39 is 12.1 Å². The fourth-order valence-electron chi connectivity index (χ4n) is 5.14. The molecule has 0 spiro atoms. The second kappa shape index (κ2) is 12.8. The Morgan fingerprint density at radius 3 is 2.32 bits per heavy atom. The molecule has 11 nitrogen and oxygen atoms in total. The Labute approximate surface area is 238 Å². The number of carboxylic acid groups (broad SMARTS) is 1. The van der Waals surface area contributed by atoms with Gasteiger partial charge in [0, 0.05) is 57.1 Å². The molecule has 0 aliphatic carbocycles. The first-order chi connectivity index (χ1) is 19.8. The highest BCUT2D eigenvalue weighted by atomic mass is 16.6. The van der Waals surface area contributed by atoms with Gasteiger partial charge in [0.25, 0.3) is 5.91 Å². The Hall–Kier alpha value is -4.51. The van der Waals surface area contributed by atoms with Crippen LogP contribution in [0.25, 0.3) is 0 Å². The molecule has 2 saturated heterocycles. The number of benzene rings is 1. The Kier molecular flexibility index (Phi) is 8.73. The zero-order valence-corrected chi connectivity index (χ0v) is 23.0. The molecule has 0 bridgehead atoms. The van der Waals surface area contributed by atoms with Gasteiger partial charge in [-0.1, -0.05) is 19.1 Å². The second-order valence-corrected chi connectivity index (χ2v) is 10.6. The number of rotatable bonds is 7. The number of carbonyl (C=O) groups is 3. The van der Waals surface area contributed by atoms with Gasteiger partial charge in [-0.15, -0.1) is 0 Å². The Bertz CT molecular complexity index is 1360. The molecule has 214 valence electrons. The summed E-state index contributed by atoms with van der Waals surface area (Å²) in [6.45, 7) is 7.33. The molecule has 2 aromatic heterocycles. The predicted molar refractivity (Wildman–Crippen MR) is 153 cm³/mol. The largest absolute Gasteiger partial charge is 0.478 e. The molecule has 41 heavy (non-hydrogen) atoms. The third kappa shape index (κ3) is 7.37. The summed E-state index contributed by atoms with van der Waals surface area (Å²) in [7, 11) is 0. The van der Waals surface area contributed by atoms with Crippen LogP contribution in [0.15, 0.2) is 60.9 Å². The summed E-state index contributed by atoms with van der Waals surface area (Å²) in [5.74, 6) is 0.260. The first kappa shape index (κ1) is 28.0. The molecule has 4 heterocycles. The second-order valence-electron chi connectivity index (χ2n) is 10.6. The number of likely N-dealkylation sites (tertiary alicyclic amines) is 1. The number of aromatic carboxylic acids is 1. The number of carboxylic acids is 1. The minimum Gasteiger partial charge on any atom is -0.478 e. The molecule has 1 unspecified atom stereocenters. The highest BCUT2D eigenvalue weighted by Gasteiger charge is 2.24. The van der Waals surface area contributed by atoms with E-state index in [9.17, 15) is 14.4 Å². The van der Waals surface area contributed by atoms with Crippen LogP contribution in [0, 0.1) is 5.92 Å². The van der Waals surface area contributed by atoms with Crippen LogP contribution in [0.4, 0.5) is 16.3 Å². The fraction of sp³-hybridized carbons (Fsp3) is 0.367. The molecule has 1 aromatic carbocycles. The van der Waals surface area contributed by atoms with E-state index in [4.69, 9.17) is 9.84 Å². The van der Waals surface area contributed by atoms with Gasteiger partial charge in [0.1, 0.15) is 5.82 Å². The molecule has 2 aliphatic heterocycles. The first-order valence-corrected chi connectivity index (χ1v) is 13.8. The summed E-state index contributed by atoms with van der Waals surface area (Å²) in [5.41, 5.74) is 2.37. The summed E-state index contributed by atoms with van der Waals surface area (Å²) in [5, 5.41) is 11.9. The van der Waals surface area contributed by atoms with Gasteiger partial charge in [0.2, 0.25) is 5.88 Å². The summed E-state index contributed by atoms with van der Waals surface area (Å²) >= 11 is 0. The monoisotopic (exact) mass is 558 g/mol. The lowest BCUT2D eigenvalue weighted by atomic mass is 9.99. The number of carbonyl (C=O) groups excluding carboxylic acids is 2. The van der Waals surface area contributed by atoms with Crippen molar-refractivity contribution in [2.75, 3.05) is 49.5 Å². The van der Waals surface area contributed by atoms with Crippen LogP contribution in [0.3, 0.4) is 0 Å². The normalized spacial score (nSPS) is 17.6. The fourth-order valence-corrected chi connectivity index (χ4v) is 5.14. The molecular formula is C30H34N6O5. The van der Waals surface area contributed by atoms with Crippen molar-refractivity contribution in [3.8, 4) is 5.88 Å². The molecule has 2 fully saturated rings. The highest BCUT2D eigenvalue weighted by molar-refractivity contribution is 6.04. The molecule has 1 atom stereocenters. The molecule has 11 heteroatoms. The van der Waals surface area contributed by atoms with Gasteiger partial charge < -0.3 is 25.0 Å². The number of amides is 2. The van der Waals surface area contributed by atoms with Gasteiger partial charge in [-0.25, -0.2) is 19.6 Å². The maximum atomic E-state index is 12.7. The quantitative estimate of drug-likeness (QED) is 0.442. The number of aromatic nitrogens is 2. The van der Waals surface area contributed by atoms with E-state index in [0.29, 0.717) is 43.2 Å². The van der Waals surface area contributed by atoms with Crippen LogP contribution in [-0.2, 0) is 6.54 Å². The van der Waals surface area contributed by atoms with Gasteiger partial charge in [-0.3, -0.25) is 9.69 Å². The van der Waals surface area contributed by atoms with Gasteiger partial charge in [-0.2, -0.15) is 0 Å². The minimum atomic E-state index is -1.02. The molecular weight excluding hydrogens is 524 g/mol. The smallest absolute Gasteiger partial charge is 0.416 e. The zero-order chi connectivity index (χ0) is 28.8. The molecule has 2 amide bonds. The van der Waals surface area contributed by atoms with Crippen molar-refractivity contribution >= 4 is 29.5 Å². The lowest BCUT2D eigenvalue weighted by Crippen LogP contribution is -2.49. The number of nitrogens with zero attached hydrogens (tertiary/aromatic N) is 5. The number of pyridine rings is 2. The summed E-state index contributed by atoms with van der Waals surface area (Å²) in [6.07, 6.45) is 4.79. The molecule has 0 saturated carbocycles. The number of nitrogens with one attached hydrogen (secondary N) is 1. The van der Waals surface area contributed by atoms with Crippen molar-refractivity contribution in [3.05, 3.63) is 77.6 Å². The van der Waals surface area contributed by atoms with Crippen molar-refractivity contribution in [3.63, 3.8) is 0 Å². The van der Waals surface area contributed by atoms with E-state index in [1.807, 2.05) is 29.2 Å². The SMILES string of the molecule is CC1CCCN(Cc2ccc(C(=O)Nc3ccc(OC(=O)N4CCN(c5ccc(C(=O)O)cn5)CC4)nc3)cc2)C1. The lowest BCUT2D eigenvalue weighted by molar-refractivity contribution is 0.0696. The van der Waals surface area contributed by atoms with Crippen LogP contribution in [0.1, 0.15) is 46.0 Å². The van der Waals surface area contributed by atoms with E-state index in [1.54, 1.807) is 23.1 Å². The number of piperidine rings is 1. The highest BCUT2D eigenvalue weighted by Crippen LogP contribution is 2.20. The number of ether oxygens (including phenoxy) is 1. The van der Waals surface area contributed by atoms with Gasteiger partial charge in [0.15, 0.2) is 0 Å². The predicted octanol–water partition coefficient (Wildman–Crippen LogP) is 3.98. The maximum Gasteiger partial charge on any atom is 0.416 e. The van der Waals surface area contributed by atoms with E-state index in [0.717, 1.165) is 25.6 Å². The summed E-state index contributed by atoms with van der Waals surface area (Å²) < 4.78 is 5.42. The molecule has 0 radical (unpaired) electrons. The number of anilines is 2. The van der Waals surface area contributed by atoms with Gasteiger partial charge in [-0.05, 0) is 61.2 Å². The standard InChI is InChI=1S/C30H34N6O5/c1-21-3-2-12-34(19-21)20-22-4-6-23(7-5-22)28(37)33-25-9-11-27(32-18-25)41-30(40)36-15-13-35(14-16-36)26-10-8-24(17-31-26)29(38)39/h4-11,17-18,21H,2-3,12-16,19-20H2,1H3,(H,33,37)(H,38,39). The van der Waals surface area contributed by atoms with Crippen molar-refractivity contribution in [1.29, 1.82) is 0 Å². The van der Waals surface area contributed by atoms with Crippen molar-refractivity contribution in [1.82, 2.24) is 19.8 Å². The number of piperazine rings is 1. The van der Waals surface area contributed by atoms with Crippen LogP contribution < -0.4 is 15.0 Å². The van der Waals surface area contributed by atoms with Crippen LogP contribution in [0.2, 0.25) is 0 Å². The van der Waals surface area contributed by atoms with E-state index in [1.165, 1.54) is 36.9 Å².